The number of nitrogens with one attached hydrogen (secondary N) is 2. The molecule has 5 nitrogen and oxygen atoms in total. The van der Waals surface area contributed by atoms with Gasteiger partial charge < -0.3 is 14.9 Å². The van der Waals surface area contributed by atoms with Crippen molar-refractivity contribution in [3.05, 3.63) is 35.9 Å². The number of benzene rings is 1. The maximum atomic E-state index is 11.6. The molecule has 0 bridgehead atoms. The number of esters is 1. The van der Waals surface area contributed by atoms with Crippen molar-refractivity contribution >= 4 is 14.9 Å². The standard InChI is InChI=1S/C14H21N2O3Si/c1-2-18-14(17)13-8-9-20(11-15-13)16-19-10-12-6-4-3-5-7-12/h3-7,13,15-16H,2,8-11H2,1H3/t13-/m1/s1. The third kappa shape index (κ3) is 4.72. The molecule has 20 heavy (non-hydrogen) atoms. The van der Waals surface area contributed by atoms with Gasteiger partial charge in [0, 0.05) is 6.17 Å². The number of rotatable bonds is 6. The van der Waals surface area contributed by atoms with Crippen molar-refractivity contribution < 1.29 is 14.4 Å². The van der Waals surface area contributed by atoms with Gasteiger partial charge in [0.05, 0.1) is 13.2 Å². The fourth-order valence-corrected chi connectivity index (χ4v) is 3.84. The van der Waals surface area contributed by atoms with E-state index in [0.717, 1.165) is 24.2 Å². The van der Waals surface area contributed by atoms with E-state index in [1.165, 1.54) is 0 Å². The van der Waals surface area contributed by atoms with Crippen molar-refractivity contribution in [2.45, 2.75) is 32.0 Å². The van der Waals surface area contributed by atoms with E-state index in [1.54, 1.807) is 0 Å². The molecular formula is C14H21N2O3Si. The molecule has 1 heterocycles. The van der Waals surface area contributed by atoms with Gasteiger partial charge in [0.15, 0.2) is 8.96 Å². The molecule has 6 heteroatoms. The van der Waals surface area contributed by atoms with Crippen LogP contribution in [0.3, 0.4) is 0 Å². The molecule has 109 valence electrons. The van der Waals surface area contributed by atoms with Crippen molar-refractivity contribution in [3.63, 3.8) is 0 Å². The summed E-state index contributed by atoms with van der Waals surface area (Å²) in [5.74, 6) is -0.140. The Morgan fingerprint density at radius 1 is 1.45 bits per heavy atom. The summed E-state index contributed by atoms with van der Waals surface area (Å²) in [6.07, 6.45) is 1.62. The van der Waals surface area contributed by atoms with E-state index in [2.05, 4.69) is 10.5 Å². The first kappa shape index (κ1) is 15.2. The van der Waals surface area contributed by atoms with Crippen molar-refractivity contribution in [1.29, 1.82) is 0 Å². The van der Waals surface area contributed by atoms with E-state index in [9.17, 15) is 4.79 Å². The first-order valence-electron chi connectivity index (χ1n) is 6.96. The van der Waals surface area contributed by atoms with Crippen molar-refractivity contribution in [3.8, 4) is 0 Å². The molecule has 0 unspecified atom stereocenters. The summed E-state index contributed by atoms with van der Waals surface area (Å²) in [7, 11) is -0.789. The van der Waals surface area contributed by atoms with Crippen LogP contribution >= 0.6 is 0 Å². The Bertz CT molecular complexity index is 408. The highest BCUT2D eigenvalue weighted by atomic mass is 28.3. The second-order valence-corrected chi connectivity index (χ2v) is 6.97. The molecule has 0 amide bonds. The molecule has 1 saturated heterocycles. The maximum absolute atomic E-state index is 11.6. The van der Waals surface area contributed by atoms with Crippen LogP contribution in [0.5, 0.6) is 0 Å². The van der Waals surface area contributed by atoms with Gasteiger partial charge in [0.2, 0.25) is 0 Å². The highest BCUT2D eigenvalue weighted by Crippen LogP contribution is 2.09. The van der Waals surface area contributed by atoms with E-state index in [1.807, 2.05) is 37.3 Å². The van der Waals surface area contributed by atoms with Crippen LogP contribution in [0.1, 0.15) is 18.9 Å². The van der Waals surface area contributed by atoms with Gasteiger partial charge in [-0.05, 0) is 25.0 Å². The van der Waals surface area contributed by atoms with Crippen LogP contribution in [0.15, 0.2) is 30.3 Å². The fraction of sp³-hybridized carbons (Fsp3) is 0.500. The lowest BCUT2D eigenvalue weighted by atomic mass is 10.2. The number of carbonyl (C=O) groups excluding carboxylic acids is 1. The molecule has 1 radical (unpaired) electrons. The van der Waals surface area contributed by atoms with Crippen molar-refractivity contribution in [2.75, 3.05) is 12.8 Å². The average Bonchev–Trinajstić information content (AvgIpc) is 2.49. The summed E-state index contributed by atoms with van der Waals surface area (Å²) in [5.41, 5.74) is 1.15. The smallest absolute Gasteiger partial charge is 0.323 e. The second-order valence-electron chi connectivity index (χ2n) is 4.70. The molecule has 1 fully saturated rings. The first-order valence-corrected chi connectivity index (χ1v) is 8.87. The lowest BCUT2D eigenvalue weighted by Crippen LogP contribution is -2.53. The van der Waals surface area contributed by atoms with Crippen LogP contribution in [0.4, 0.5) is 0 Å². The molecule has 1 aromatic rings. The lowest BCUT2D eigenvalue weighted by molar-refractivity contribution is -0.145. The third-order valence-electron chi connectivity index (χ3n) is 3.17. The summed E-state index contributed by atoms with van der Waals surface area (Å²) in [6, 6.07) is 10.9. The lowest BCUT2D eigenvalue weighted by Gasteiger charge is -2.27. The average molecular weight is 293 g/mol. The van der Waals surface area contributed by atoms with Gasteiger partial charge >= 0.3 is 5.97 Å². The third-order valence-corrected chi connectivity index (χ3v) is 5.12. The summed E-state index contributed by atoms with van der Waals surface area (Å²) in [5, 5.41) is 6.38. The topological polar surface area (TPSA) is 59.6 Å². The molecular weight excluding hydrogens is 272 g/mol. The van der Waals surface area contributed by atoms with Gasteiger partial charge in [-0.1, -0.05) is 30.3 Å². The van der Waals surface area contributed by atoms with Gasteiger partial charge in [-0.2, -0.15) is 0 Å². The van der Waals surface area contributed by atoms with Gasteiger partial charge in [0.1, 0.15) is 6.04 Å². The zero-order valence-corrected chi connectivity index (χ0v) is 12.7. The number of ether oxygens (including phenoxy) is 1. The minimum atomic E-state index is -0.789. The summed E-state index contributed by atoms with van der Waals surface area (Å²) < 4.78 is 5.01. The predicted molar refractivity (Wildman–Crippen MR) is 78.0 cm³/mol. The Morgan fingerprint density at radius 3 is 2.90 bits per heavy atom. The van der Waals surface area contributed by atoms with Gasteiger partial charge in [0.25, 0.3) is 0 Å². The molecule has 1 aliphatic rings. The quantitative estimate of drug-likeness (QED) is 0.468. The number of carbonyl (C=O) groups is 1. The van der Waals surface area contributed by atoms with E-state index in [0.29, 0.717) is 13.2 Å². The Labute approximate surface area is 121 Å². The van der Waals surface area contributed by atoms with Crippen LogP contribution in [0.2, 0.25) is 6.04 Å². The van der Waals surface area contributed by atoms with Crippen LogP contribution in [0, 0.1) is 0 Å². The van der Waals surface area contributed by atoms with Crippen LogP contribution < -0.4 is 10.5 Å². The molecule has 0 aliphatic carbocycles. The minimum Gasteiger partial charge on any atom is -0.465 e. The van der Waals surface area contributed by atoms with E-state index < -0.39 is 8.96 Å². The Hall–Kier alpha value is -1.21. The molecule has 1 aromatic carbocycles. The molecule has 0 aromatic heterocycles. The van der Waals surface area contributed by atoms with Gasteiger partial charge in [-0.15, -0.1) is 0 Å². The largest absolute Gasteiger partial charge is 0.465 e. The van der Waals surface area contributed by atoms with Crippen LogP contribution in [0.25, 0.3) is 0 Å². The SMILES string of the molecule is CCOC(=O)[C@H]1CC[Si](NOCc2ccccc2)CN1. The highest BCUT2D eigenvalue weighted by molar-refractivity contribution is 6.56. The van der Waals surface area contributed by atoms with Gasteiger partial charge in [-0.25, -0.2) is 5.15 Å². The van der Waals surface area contributed by atoms with Crippen LogP contribution in [-0.4, -0.2) is 33.7 Å². The first-order chi connectivity index (χ1) is 9.79. The zero-order valence-electron chi connectivity index (χ0n) is 11.7. The Morgan fingerprint density at radius 2 is 2.25 bits per heavy atom. The van der Waals surface area contributed by atoms with E-state index >= 15 is 0 Å². The van der Waals surface area contributed by atoms with E-state index in [-0.39, 0.29) is 12.0 Å². The molecule has 1 atom stereocenters. The predicted octanol–water partition coefficient (Wildman–Crippen LogP) is 1.16. The fourth-order valence-electron chi connectivity index (χ4n) is 2.08. The Kier molecular flexibility index (Phi) is 6.19. The minimum absolute atomic E-state index is 0.140. The monoisotopic (exact) mass is 293 g/mol. The summed E-state index contributed by atoms with van der Waals surface area (Å²) in [6.45, 7) is 2.83. The van der Waals surface area contributed by atoms with Crippen molar-refractivity contribution in [1.82, 2.24) is 10.5 Å². The molecule has 1 aliphatic heterocycles. The number of hydrogen-bond donors (Lipinski definition) is 2. The molecule has 2 N–H and O–H groups in total. The summed E-state index contributed by atoms with van der Waals surface area (Å²) >= 11 is 0. The molecule has 0 spiro atoms. The normalized spacial score (nSPS) is 19.8. The number of hydrogen-bond acceptors (Lipinski definition) is 5. The second kappa shape index (κ2) is 8.16. The Balaban J connectivity index is 1.63. The van der Waals surface area contributed by atoms with E-state index in [4.69, 9.17) is 9.57 Å². The van der Waals surface area contributed by atoms with Gasteiger partial charge in [-0.3, -0.25) is 4.79 Å². The highest BCUT2D eigenvalue weighted by Gasteiger charge is 2.28. The molecule has 0 saturated carbocycles. The maximum Gasteiger partial charge on any atom is 0.323 e. The van der Waals surface area contributed by atoms with Crippen LogP contribution in [-0.2, 0) is 21.0 Å². The molecule has 2 rings (SSSR count). The summed E-state index contributed by atoms with van der Waals surface area (Å²) in [4.78, 5) is 17.1. The zero-order chi connectivity index (χ0) is 14.2. The van der Waals surface area contributed by atoms with Crippen molar-refractivity contribution in [2.24, 2.45) is 0 Å².